The van der Waals surface area contributed by atoms with E-state index in [1.54, 1.807) is 24.3 Å². The van der Waals surface area contributed by atoms with Gasteiger partial charge in [0.25, 0.3) is 5.91 Å². The largest absolute Gasteiger partial charge is 0.465 e. The van der Waals surface area contributed by atoms with Crippen LogP contribution in [-0.4, -0.2) is 29.0 Å². The number of esters is 1. The first-order valence-corrected chi connectivity index (χ1v) is 9.80. The molecule has 1 N–H and O–H groups in total. The highest BCUT2D eigenvalue weighted by atomic mass is 16.5. The van der Waals surface area contributed by atoms with E-state index in [9.17, 15) is 9.59 Å². The molecule has 0 saturated heterocycles. The smallest absolute Gasteiger partial charge is 0.337 e. The van der Waals surface area contributed by atoms with Crippen LogP contribution in [0.4, 0.5) is 5.69 Å². The molecule has 0 aliphatic heterocycles. The van der Waals surface area contributed by atoms with Crippen LogP contribution >= 0.6 is 0 Å². The molecule has 1 aromatic heterocycles. The highest BCUT2D eigenvalue weighted by molar-refractivity contribution is 6.11. The molecular formula is C25H21N3O3. The van der Waals surface area contributed by atoms with Gasteiger partial charge in [0.15, 0.2) is 5.82 Å². The monoisotopic (exact) mass is 411 g/mol. The molecule has 0 saturated carbocycles. The first-order valence-electron chi connectivity index (χ1n) is 9.80. The zero-order valence-electron chi connectivity index (χ0n) is 17.5. The number of anilines is 1. The van der Waals surface area contributed by atoms with Gasteiger partial charge < -0.3 is 10.1 Å². The summed E-state index contributed by atoms with van der Waals surface area (Å²) in [7, 11) is 1.32. The second kappa shape index (κ2) is 8.36. The van der Waals surface area contributed by atoms with Crippen molar-refractivity contribution in [2.24, 2.45) is 0 Å². The van der Waals surface area contributed by atoms with Crippen molar-refractivity contribution in [3.63, 3.8) is 0 Å². The van der Waals surface area contributed by atoms with Crippen molar-refractivity contribution < 1.29 is 14.3 Å². The number of amides is 1. The zero-order chi connectivity index (χ0) is 22.0. The highest BCUT2D eigenvalue weighted by Crippen LogP contribution is 2.25. The second-order valence-electron chi connectivity index (χ2n) is 7.25. The van der Waals surface area contributed by atoms with Crippen LogP contribution in [0.1, 0.15) is 32.0 Å². The average molecular weight is 411 g/mol. The summed E-state index contributed by atoms with van der Waals surface area (Å²) >= 11 is 0. The van der Waals surface area contributed by atoms with Gasteiger partial charge in [0.05, 0.1) is 18.2 Å². The lowest BCUT2D eigenvalue weighted by Crippen LogP contribution is -2.15. The number of aromatic nitrogens is 2. The third kappa shape index (κ3) is 4.14. The molecule has 0 atom stereocenters. The van der Waals surface area contributed by atoms with Crippen molar-refractivity contribution in [1.82, 2.24) is 9.97 Å². The Balaban J connectivity index is 1.73. The van der Waals surface area contributed by atoms with Gasteiger partial charge in [-0.1, -0.05) is 42.0 Å². The molecule has 1 amide bonds. The summed E-state index contributed by atoms with van der Waals surface area (Å²) in [4.78, 5) is 34.0. The first kappa shape index (κ1) is 20.2. The number of hydrogen-bond acceptors (Lipinski definition) is 5. The Kier molecular flexibility index (Phi) is 5.45. The summed E-state index contributed by atoms with van der Waals surface area (Å²) in [6.07, 6.45) is 0. The second-order valence-corrected chi connectivity index (χ2v) is 7.25. The van der Waals surface area contributed by atoms with Gasteiger partial charge >= 0.3 is 5.97 Å². The summed E-state index contributed by atoms with van der Waals surface area (Å²) in [5.41, 5.74) is 5.01. The fourth-order valence-electron chi connectivity index (χ4n) is 3.43. The number of fused-ring (bicyclic) bond motifs is 1. The summed E-state index contributed by atoms with van der Waals surface area (Å²) in [6, 6.07) is 20.0. The normalized spacial score (nSPS) is 10.7. The van der Waals surface area contributed by atoms with Gasteiger partial charge in [-0.05, 0) is 49.7 Å². The van der Waals surface area contributed by atoms with Crippen LogP contribution in [0.5, 0.6) is 0 Å². The van der Waals surface area contributed by atoms with Crippen molar-refractivity contribution in [2.75, 3.05) is 12.4 Å². The maximum atomic E-state index is 13.1. The molecule has 0 aliphatic rings. The standard InChI is InChI=1S/C25H21N3O3/c1-15-8-13-19(16(2)14-15)23-27-21-7-5-4-6-20(21)22(28-23)24(29)26-18-11-9-17(10-12-18)25(30)31-3/h4-14H,1-3H3,(H,26,29). The topological polar surface area (TPSA) is 81.2 Å². The van der Waals surface area contributed by atoms with Crippen molar-refractivity contribution in [3.8, 4) is 11.4 Å². The molecule has 6 heteroatoms. The molecule has 3 aromatic carbocycles. The fourth-order valence-corrected chi connectivity index (χ4v) is 3.43. The highest BCUT2D eigenvalue weighted by Gasteiger charge is 2.17. The Morgan fingerprint density at radius 3 is 2.35 bits per heavy atom. The van der Waals surface area contributed by atoms with Gasteiger partial charge in [-0.3, -0.25) is 4.79 Å². The van der Waals surface area contributed by atoms with Gasteiger partial charge in [-0.15, -0.1) is 0 Å². The van der Waals surface area contributed by atoms with Crippen LogP contribution in [0.15, 0.2) is 66.7 Å². The summed E-state index contributed by atoms with van der Waals surface area (Å²) in [6.45, 7) is 4.03. The number of nitrogens with zero attached hydrogens (tertiary/aromatic N) is 2. The Morgan fingerprint density at radius 1 is 0.903 bits per heavy atom. The van der Waals surface area contributed by atoms with Crippen LogP contribution in [0, 0.1) is 13.8 Å². The molecule has 4 aromatic rings. The molecule has 31 heavy (non-hydrogen) atoms. The van der Waals surface area contributed by atoms with Gasteiger partial charge in [-0.25, -0.2) is 14.8 Å². The number of hydrogen-bond donors (Lipinski definition) is 1. The lowest BCUT2D eigenvalue weighted by atomic mass is 10.0. The predicted octanol–water partition coefficient (Wildman–Crippen LogP) is 4.95. The molecule has 1 heterocycles. The maximum Gasteiger partial charge on any atom is 0.337 e. The van der Waals surface area contributed by atoms with E-state index in [4.69, 9.17) is 4.74 Å². The molecule has 154 valence electrons. The molecule has 4 rings (SSSR count). The van der Waals surface area contributed by atoms with Crippen molar-refractivity contribution in [1.29, 1.82) is 0 Å². The predicted molar refractivity (Wildman–Crippen MR) is 120 cm³/mol. The van der Waals surface area contributed by atoms with Crippen molar-refractivity contribution in [2.45, 2.75) is 13.8 Å². The molecular weight excluding hydrogens is 390 g/mol. The molecule has 0 spiro atoms. The van der Waals surface area contributed by atoms with Crippen molar-refractivity contribution in [3.05, 3.63) is 89.1 Å². The third-order valence-corrected chi connectivity index (χ3v) is 5.00. The minimum absolute atomic E-state index is 0.289. The Morgan fingerprint density at radius 2 is 1.65 bits per heavy atom. The van der Waals surface area contributed by atoms with E-state index >= 15 is 0 Å². The van der Waals surface area contributed by atoms with E-state index in [1.165, 1.54) is 7.11 Å². The van der Waals surface area contributed by atoms with E-state index in [-0.39, 0.29) is 11.6 Å². The minimum atomic E-state index is -0.433. The number of carbonyl (C=O) groups excluding carboxylic acids is 2. The molecule has 0 radical (unpaired) electrons. The molecule has 0 unspecified atom stereocenters. The lowest BCUT2D eigenvalue weighted by Gasteiger charge is -2.11. The Bertz CT molecular complexity index is 1300. The summed E-state index contributed by atoms with van der Waals surface area (Å²) in [5.74, 6) is -0.282. The summed E-state index contributed by atoms with van der Waals surface area (Å²) in [5, 5.41) is 3.52. The molecule has 0 bridgehead atoms. The first-order chi connectivity index (χ1) is 15.0. The van der Waals surface area contributed by atoms with Crippen LogP contribution in [-0.2, 0) is 4.74 Å². The van der Waals surface area contributed by atoms with Crippen LogP contribution in [0.2, 0.25) is 0 Å². The van der Waals surface area contributed by atoms with Gasteiger partial charge in [0, 0.05) is 16.6 Å². The van der Waals surface area contributed by atoms with Gasteiger partial charge in [0.1, 0.15) is 5.69 Å². The zero-order valence-corrected chi connectivity index (χ0v) is 17.5. The maximum absolute atomic E-state index is 13.1. The van der Waals surface area contributed by atoms with E-state index in [2.05, 4.69) is 21.4 Å². The van der Waals surface area contributed by atoms with E-state index in [0.29, 0.717) is 28.0 Å². The molecule has 6 nitrogen and oxygen atoms in total. The quantitative estimate of drug-likeness (QED) is 0.481. The van der Waals surface area contributed by atoms with E-state index < -0.39 is 5.97 Å². The third-order valence-electron chi connectivity index (χ3n) is 5.00. The number of para-hydroxylation sites is 1. The van der Waals surface area contributed by atoms with Gasteiger partial charge in [0.2, 0.25) is 0 Å². The lowest BCUT2D eigenvalue weighted by molar-refractivity contribution is 0.0600. The Labute approximate surface area is 179 Å². The number of carbonyl (C=O) groups is 2. The number of methoxy groups -OCH3 is 1. The fraction of sp³-hybridized carbons (Fsp3) is 0.120. The van der Waals surface area contributed by atoms with Gasteiger partial charge in [-0.2, -0.15) is 0 Å². The van der Waals surface area contributed by atoms with Crippen LogP contribution < -0.4 is 5.32 Å². The van der Waals surface area contributed by atoms with Crippen LogP contribution in [0.3, 0.4) is 0 Å². The SMILES string of the molecule is COC(=O)c1ccc(NC(=O)c2nc(-c3ccc(C)cc3C)nc3ccccc23)cc1. The average Bonchev–Trinajstić information content (AvgIpc) is 2.78. The minimum Gasteiger partial charge on any atom is -0.465 e. The number of nitrogens with one attached hydrogen (secondary N) is 1. The molecule has 0 fully saturated rings. The Hall–Kier alpha value is -4.06. The molecule has 0 aliphatic carbocycles. The number of rotatable bonds is 4. The number of aryl methyl sites for hydroxylation is 2. The number of ether oxygens (including phenoxy) is 1. The van der Waals surface area contributed by atoms with Crippen LogP contribution in [0.25, 0.3) is 22.3 Å². The van der Waals surface area contributed by atoms with E-state index in [1.807, 2.05) is 50.2 Å². The number of benzene rings is 3. The van der Waals surface area contributed by atoms with Crippen molar-refractivity contribution >= 4 is 28.5 Å². The summed E-state index contributed by atoms with van der Waals surface area (Å²) < 4.78 is 4.70. The van der Waals surface area contributed by atoms with E-state index in [0.717, 1.165) is 16.7 Å².